The summed E-state index contributed by atoms with van der Waals surface area (Å²) in [5, 5.41) is 25.0. The highest BCUT2D eigenvalue weighted by atomic mass is 32.2. The molecule has 4 unspecified atom stereocenters. The van der Waals surface area contributed by atoms with Gasteiger partial charge in [0.15, 0.2) is 5.96 Å². The predicted octanol–water partition coefficient (Wildman–Crippen LogP) is -2.85. The van der Waals surface area contributed by atoms with Crippen LogP contribution >= 0.6 is 11.8 Å². The molecule has 0 aliphatic heterocycles. The molecule has 3 amide bonds. The van der Waals surface area contributed by atoms with Crippen LogP contribution in [0.3, 0.4) is 0 Å². The summed E-state index contributed by atoms with van der Waals surface area (Å²) < 4.78 is 0. The maximum Gasteiger partial charge on any atom is 0.325 e. The van der Waals surface area contributed by atoms with E-state index in [0.29, 0.717) is 5.75 Å². The minimum atomic E-state index is -1.39. The van der Waals surface area contributed by atoms with Gasteiger partial charge in [0.1, 0.15) is 18.1 Å². The first-order valence-corrected chi connectivity index (χ1v) is 11.4. The molecule has 14 nitrogen and oxygen atoms in total. The van der Waals surface area contributed by atoms with Crippen LogP contribution in [-0.2, 0) is 24.0 Å². The van der Waals surface area contributed by atoms with Crippen molar-refractivity contribution >= 4 is 47.4 Å². The monoisotopic (exact) mass is 491 g/mol. The summed E-state index contributed by atoms with van der Waals surface area (Å²) in [5.41, 5.74) is 16.1. The number of nitrogens with two attached hydrogens (primary N) is 3. The third-order valence-corrected chi connectivity index (χ3v) is 4.93. The van der Waals surface area contributed by atoms with Gasteiger partial charge in [-0.2, -0.15) is 11.8 Å². The Morgan fingerprint density at radius 1 is 0.939 bits per heavy atom. The molecule has 4 atom stereocenters. The lowest BCUT2D eigenvalue weighted by Crippen LogP contribution is -2.57. The van der Waals surface area contributed by atoms with Gasteiger partial charge in [0, 0.05) is 6.54 Å². The first-order valence-electron chi connectivity index (χ1n) is 10.0. The van der Waals surface area contributed by atoms with Gasteiger partial charge in [-0.15, -0.1) is 0 Å². The molecule has 0 radical (unpaired) electrons. The molecule has 0 aromatic heterocycles. The standard InChI is InChI=1S/C18H33N7O7S/c1-9(17(31)32)23-15(29)12(5-7-33-2)25-16(30)11(4-3-6-22-18(20)21)24-14(28)10(19)8-13(26)27/h9-12H,3-8,19H2,1-2H3,(H,23,29)(H,24,28)(H,25,30)(H,26,27)(H,31,32)(H4,20,21,22). The highest BCUT2D eigenvalue weighted by Gasteiger charge is 2.29. The fourth-order valence-electron chi connectivity index (χ4n) is 2.48. The number of carboxylic acid groups (broad SMARTS) is 2. The molecule has 15 heteroatoms. The summed E-state index contributed by atoms with van der Waals surface area (Å²) in [6.07, 6.45) is 1.71. The number of nitrogens with one attached hydrogen (secondary N) is 3. The number of thioether (sulfide) groups is 1. The number of hydrogen-bond donors (Lipinski definition) is 8. The van der Waals surface area contributed by atoms with Crippen molar-refractivity contribution in [2.45, 2.75) is 56.8 Å². The fraction of sp³-hybridized carbons (Fsp3) is 0.667. The van der Waals surface area contributed by atoms with Gasteiger partial charge in [0.2, 0.25) is 17.7 Å². The van der Waals surface area contributed by atoms with E-state index in [4.69, 9.17) is 27.4 Å². The smallest absolute Gasteiger partial charge is 0.325 e. The quantitative estimate of drug-likeness (QED) is 0.0619. The van der Waals surface area contributed by atoms with E-state index in [0.717, 1.165) is 0 Å². The number of nitrogens with zero attached hydrogens (tertiary/aromatic N) is 1. The van der Waals surface area contributed by atoms with Crippen molar-refractivity contribution in [3.05, 3.63) is 0 Å². The third-order valence-electron chi connectivity index (χ3n) is 4.28. The van der Waals surface area contributed by atoms with Gasteiger partial charge in [0.25, 0.3) is 0 Å². The number of carbonyl (C=O) groups is 5. The Bertz CT molecular complexity index is 731. The maximum absolute atomic E-state index is 12.9. The molecule has 0 heterocycles. The molecule has 0 saturated carbocycles. The van der Waals surface area contributed by atoms with Gasteiger partial charge in [-0.05, 0) is 38.2 Å². The van der Waals surface area contributed by atoms with Crippen molar-refractivity contribution in [2.75, 3.05) is 18.6 Å². The summed E-state index contributed by atoms with van der Waals surface area (Å²) in [6.45, 7) is 1.44. The van der Waals surface area contributed by atoms with Crippen LogP contribution in [0, 0.1) is 0 Å². The SMILES string of the molecule is CSCCC(NC(=O)C(CCCN=C(N)N)NC(=O)C(N)CC(=O)O)C(=O)NC(C)C(=O)O. The van der Waals surface area contributed by atoms with E-state index in [-0.39, 0.29) is 31.8 Å². The van der Waals surface area contributed by atoms with Crippen LogP contribution in [0.25, 0.3) is 0 Å². The van der Waals surface area contributed by atoms with Crippen LogP contribution in [0.5, 0.6) is 0 Å². The highest BCUT2D eigenvalue weighted by Crippen LogP contribution is 2.05. The van der Waals surface area contributed by atoms with Crippen LogP contribution in [0.4, 0.5) is 0 Å². The second-order valence-electron chi connectivity index (χ2n) is 7.13. The molecule has 33 heavy (non-hydrogen) atoms. The van der Waals surface area contributed by atoms with E-state index in [9.17, 15) is 24.0 Å². The zero-order valence-electron chi connectivity index (χ0n) is 18.6. The Kier molecular flexibility index (Phi) is 14.2. The van der Waals surface area contributed by atoms with Gasteiger partial charge in [0.05, 0.1) is 12.5 Å². The highest BCUT2D eigenvalue weighted by molar-refractivity contribution is 7.98. The van der Waals surface area contributed by atoms with E-state index < -0.39 is 60.2 Å². The van der Waals surface area contributed by atoms with Gasteiger partial charge in [-0.3, -0.25) is 29.0 Å². The Morgan fingerprint density at radius 2 is 1.48 bits per heavy atom. The number of carbonyl (C=O) groups excluding carboxylic acids is 3. The Labute approximate surface area is 195 Å². The second kappa shape index (κ2) is 15.7. The molecule has 0 aromatic carbocycles. The van der Waals surface area contributed by atoms with Crippen LogP contribution in [-0.4, -0.2) is 88.6 Å². The third kappa shape index (κ3) is 13.2. The van der Waals surface area contributed by atoms with E-state index in [1.54, 1.807) is 6.26 Å². The van der Waals surface area contributed by atoms with Gasteiger partial charge < -0.3 is 43.4 Å². The maximum atomic E-state index is 12.9. The number of carboxylic acids is 2. The zero-order valence-corrected chi connectivity index (χ0v) is 19.4. The summed E-state index contributed by atoms with van der Waals surface area (Å²) in [6, 6.07) is -4.78. The predicted molar refractivity (Wildman–Crippen MR) is 122 cm³/mol. The van der Waals surface area contributed by atoms with E-state index in [2.05, 4.69) is 20.9 Å². The largest absolute Gasteiger partial charge is 0.481 e. The van der Waals surface area contributed by atoms with Gasteiger partial charge in [-0.1, -0.05) is 0 Å². The Balaban J connectivity index is 5.42. The molecule has 0 rings (SSSR count). The van der Waals surface area contributed by atoms with Crippen molar-refractivity contribution < 1.29 is 34.2 Å². The van der Waals surface area contributed by atoms with Crippen molar-refractivity contribution in [1.82, 2.24) is 16.0 Å². The molecular formula is C18H33N7O7S. The van der Waals surface area contributed by atoms with Crippen molar-refractivity contribution in [3.63, 3.8) is 0 Å². The minimum Gasteiger partial charge on any atom is -0.481 e. The normalized spacial score (nSPS) is 14.2. The van der Waals surface area contributed by atoms with Gasteiger partial charge in [-0.25, -0.2) is 0 Å². The molecule has 0 aromatic rings. The number of amides is 3. The van der Waals surface area contributed by atoms with Crippen LogP contribution in [0.2, 0.25) is 0 Å². The summed E-state index contributed by atoms with van der Waals surface area (Å²) in [7, 11) is 0. The topological polar surface area (TPSA) is 252 Å². The number of aliphatic imine (C=N–C) groups is 1. The number of aliphatic carboxylic acids is 2. The molecule has 188 valence electrons. The first-order chi connectivity index (χ1) is 15.4. The number of hydrogen-bond acceptors (Lipinski definition) is 8. The Morgan fingerprint density at radius 3 is 2.00 bits per heavy atom. The molecular weight excluding hydrogens is 458 g/mol. The van der Waals surface area contributed by atoms with Crippen molar-refractivity contribution in [3.8, 4) is 0 Å². The van der Waals surface area contributed by atoms with Crippen molar-refractivity contribution in [2.24, 2.45) is 22.2 Å². The first kappa shape index (κ1) is 29.9. The fourth-order valence-corrected chi connectivity index (χ4v) is 2.96. The average molecular weight is 492 g/mol. The molecule has 0 saturated heterocycles. The van der Waals surface area contributed by atoms with Gasteiger partial charge >= 0.3 is 11.9 Å². The molecule has 0 spiro atoms. The Hall–Kier alpha value is -3.07. The molecule has 0 aliphatic carbocycles. The summed E-state index contributed by atoms with van der Waals surface area (Å²) in [4.78, 5) is 63.2. The van der Waals surface area contributed by atoms with E-state index in [1.807, 2.05) is 0 Å². The van der Waals surface area contributed by atoms with E-state index >= 15 is 0 Å². The molecule has 11 N–H and O–H groups in total. The number of guanidine groups is 1. The zero-order chi connectivity index (χ0) is 25.6. The molecule has 0 aliphatic rings. The van der Waals surface area contributed by atoms with Crippen LogP contribution in [0.1, 0.15) is 32.6 Å². The van der Waals surface area contributed by atoms with Crippen molar-refractivity contribution in [1.29, 1.82) is 0 Å². The molecule has 0 bridgehead atoms. The lowest BCUT2D eigenvalue weighted by Gasteiger charge is -2.24. The summed E-state index contributed by atoms with van der Waals surface area (Å²) >= 11 is 1.42. The minimum absolute atomic E-state index is 0.0660. The lowest BCUT2D eigenvalue weighted by atomic mass is 10.1. The lowest BCUT2D eigenvalue weighted by molar-refractivity contribution is -0.141. The summed E-state index contributed by atoms with van der Waals surface area (Å²) in [5.74, 6) is -4.46. The van der Waals surface area contributed by atoms with Crippen LogP contribution in [0.15, 0.2) is 4.99 Å². The average Bonchev–Trinajstić information content (AvgIpc) is 2.71. The van der Waals surface area contributed by atoms with Crippen LogP contribution < -0.4 is 33.2 Å². The van der Waals surface area contributed by atoms with E-state index in [1.165, 1.54) is 18.7 Å². The second-order valence-corrected chi connectivity index (χ2v) is 8.11. The molecule has 0 fully saturated rings. The number of rotatable bonds is 16.